The fraction of sp³-hybridized carbons (Fsp3) is 0.500. The molecule has 0 spiro atoms. The van der Waals surface area contributed by atoms with E-state index in [4.69, 9.17) is 9.47 Å². The summed E-state index contributed by atoms with van der Waals surface area (Å²) >= 11 is 2.86. The molecule has 3 rings (SSSR count). The van der Waals surface area contributed by atoms with Gasteiger partial charge in [-0.25, -0.2) is 14.6 Å². The minimum atomic E-state index is -0.771. The van der Waals surface area contributed by atoms with E-state index in [9.17, 15) is 9.59 Å². The van der Waals surface area contributed by atoms with Crippen LogP contribution in [0.25, 0.3) is 9.53 Å². The van der Waals surface area contributed by atoms with E-state index in [1.54, 1.807) is 17.4 Å². The SMILES string of the molecule is CCN(CC)c1nc2sc(C(=O)O[C@H]3CCOC3=O)cc2s1. The Balaban J connectivity index is 1.76. The van der Waals surface area contributed by atoms with E-state index < -0.39 is 18.0 Å². The lowest BCUT2D eigenvalue weighted by atomic mass is 10.3. The molecule has 0 radical (unpaired) electrons. The summed E-state index contributed by atoms with van der Waals surface area (Å²) in [7, 11) is 0. The Hall–Kier alpha value is -1.67. The highest BCUT2D eigenvalue weighted by Crippen LogP contribution is 2.35. The predicted molar refractivity (Wildman–Crippen MR) is 85.8 cm³/mol. The van der Waals surface area contributed by atoms with Crippen LogP contribution in [0.5, 0.6) is 0 Å². The third kappa shape index (κ3) is 2.80. The average molecular weight is 340 g/mol. The smallest absolute Gasteiger partial charge is 0.349 e. The van der Waals surface area contributed by atoms with Gasteiger partial charge in [-0.2, -0.15) is 0 Å². The molecule has 8 heteroatoms. The molecule has 1 atom stereocenters. The second-order valence-electron chi connectivity index (χ2n) is 4.80. The lowest BCUT2D eigenvalue weighted by Gasteiger charge is -2.16. The molecule has 0 aliphatic carbocycles. The molecule has 22 heavy (non-hydrogen) atoms. The molecule has 1 aliphatic heterocycles. The minimum absolute atomic E-state index is 0.311. The van der Waals surface area contributed by atoms with E-state index in [0.717, 1.165) is 27.8 Å². The Labute approximate surface area is 135 Å². The zero-order valence-corrected chi connectivity index (χ0v) is 14.0. The van der Waals surface area contributed by atoms with Crippen LogP contribution >= 0.6 is 22.7 Å². The van der Waals surface area contributed by atoms with Crippen molar-refractivity contribution in [3.63, 3.8) is 0 Å². The Morgan fingerprint density at radius 1 is 1.45 bits per heavy atom. The predicted octanol–water partition coefficient (Wildman–Crippen LogP) is 2.68. The first kappa shape index (κ1) is 15.2. The van der Waals surface area contributed by atoms with Crippen molar-refractivity contribution in [2.45, 2.75) is 26.4 Å². The van der Waals surface area contributed by atoms with Gasteiger partial charge in [0.1, 0.15) is 9.71 Å². The molecule has 6 nitrogen and oxygen atoms in total. The molecule has 1 fully saturated rings. The van der Waals surface area contributed by atoms with Gasteiger partial charge in [0.05, 0.1) is 11.3 Å². The summed E-state index contributed by atoms with van der Waals surface area (Å²) in [6.45, 7) is 6.28. The monoisotopic (exact) mass is 340 g/mol. The average Bonchev–Trinajstić information content (AvgIpc) is 3.16. The Bertz CT molecular complexity index is 673. The number of hydrogen-bond donors (Lipinski definition) is 0. The first-order chi connectivity index (χ1) is 10.6. The zero-order valence-electron chi connectivity index (χ0n) is 12.3. The van der Waals surface area contributed by atoms with Gasteiger partial charge in [-0.05, 0) is 19.9 Å². The van der Waals surface area contributed by atoms with Crippen LogP contribution in [0.3, 0.4) is 0 Å². The lowest BCUT2D eigenvalue weighted by Crippen LogP contribution is -2.22. The molecule has 1 saturated heterocycles. The summed E-state index contributed by atoms with van der Waals surface area (Å²) in [5.41, 5.74) is 0. The van der Waals surface area contributed by atoms with Crippen molar-refractivity contribution in [3.05, 3.63) is 10.9 Å². The van der Waals surface area contributed by atoms with Gasteiger partial charge in [-0.1, -0.05) is 11.3 Å². The van der Waals surface area contributed by atoms with Crippen molar-refractivity contribution in [3.8, 4) is 0 Å². The molecule has 0 N–H and O–H groups in total. The van der Waals surface area contributed by atoms with Crippen molar-refractivity contribution in [1.82, 2.24) is 4.98 Å². The van der Waals surface area contributed by atoms with Crippen LogP contribution in [0.4, 0.5) is 5.13 Å². The first-order valence-corrected chi connectivity index (χ1v) is 8.78. The van der Waals surface area contributed by atoms with Crippen LogP contribution in [0.1, 0.15) is 29.9 Å². The zero-order chi connectivity index (χ0) is 15.7. The van der Waals surface area contributed by atoms with E-state index >= 15 is 0 Å². The Morgan fingerprint density at radius 2 is 2.23 bits per heavy atom. The number of ether oxygens (including phenoxy) is 2. The summed E-state index contributed by atoms with van der Waals surface area (Å²) < 4.78 is 10.9. The van der Waals surface area contributed by atoms with Crippen LogP contribution in [0.15, 0.2) is 6.07 Å². The summed E-state index contributed by atoms with van der Waals surface area (Å²) in [6.07, 6.45) is -0.346. The van der Waals surface area contributed by atoms with Crippen LogP contribution < -0.4 is 4.90 Å². The van der Waals surface area contributed by atoms with Gasteiger partial charge < -0.3 is 14.4 Å². The molecule has 2 aromatic heterocycles. The number of thiazole rings is 1. The Morgan fingerprint density at radius 3 is 2.82 bits per heavy atom. The van der Waals surface area contributed by atoms with Crippen molar-refractivity contribution in [1.29, 1.82) is 0 Å². The number of thiophene rings is 1. The molecule has 0 amide bonds. The normalized spacial score (nSPS) is 17.7. The number of hydrogen-bond acceptors (Lipinski definition) is 8. The fourth-order valence-electron chi connectivity index (χ4n) is 2.23. The van der Waals surface area contributed by atoms with Crippen LogP contribution in [0, 0.1) is 0 Å². The third-order valence-corrected chi connectivity index (χ3v) is 5.65. The van der Waals surface area contributed by atoms with Gasteiger partial charge in [0.15, 0.2) is 5.13 Å². The second-order valence-corrected chi connectivity index (χ2v) is 6.84. The van der Waals surface area contributed by atoms with Gasteiger partial charge in [0, 0.05) is 19.5 Å². The minimum Gasteiger partial charge on any atom is -0.463 e. The van der Waals surface area contributed by atoms with E-state index in [1.807, 2.05) is 0 Å². The lowest BCUT2D eigenvalue weighted by molar-refractivity contribution is -0.145. The number of nitrogens with zero attached hydrogens (tertiary/aromatic N) is 2. The molecular weight excluding hydrogens is 324 g/mol. The second kappa shape index (κ2) is 6.21. The number of anilines is 1. The van der Waals surface area contributed by atoms with Crippen molar-refractivity contribution < 1.29 is 19.1 Å². The molecule has 0 aromatic carbocycles. The molecule has 0 unspecified atom stereocenters. The van der Waals surface area contributed by atoms with Crippen LogP contribution in [0.2, 0.25) is 0 Å². The highest BCUT2D eigenvalue weighted by molar-refractivity contribution is 7.29. The van der Waals surface area contributed by atoms with E-state index in [1.165, 1.54) is 11.3 Å². The molecule has 2 aromatic rings. The standard InChI is InChI=1S/C14H16N2O4S2/c1-3-16(4-2)14-15-11-9(22-14)7-10(21-11)13(18)20-8-5-6-19-12(8)17/h7-8H,3-6H2,1-2H3/t8-/m0/s1. The van der Waals surface area contributed by atoms with Gasteiger partial charge in [0.2, 0.25) is 6.10 Å². The quantitative estimate of drug-likeness (QED) is 0.780. The number of fused-ring (bicyclic) bond motifs is 1. The topological polar surface area (TPSA) is 68.7 Å². The molecule has 1 aliphatic rings. The van der Waals surface area contributed by atoms with Gasteiger partial charge in [0.25, 0.3) is 0 Å². The number of rotatable bonds is 5. The third-order valence-electron chi connectivity index (χ3n) is 3.45. The molecular formula is C14H16N2O4S2. The molecule has 0 bridgehead atoms. The maximum absolute atomic E-state index is 12.1. The maximum atomic E-state index is 12.1. The molecule has 118 valence electrons. The number of carbonyl (C=O) groups is 2. The van der Waals surface area contributed by atoms with E-state index in [-0.39, 0.29) is 0 Å². The van der Waals surface area contributed by atoms with Crippen molar-refractivity contribution in [2.75, 3.05) is 24.6 Å². The summed E-state index contributed by atoms with van der Waals surface area (Å²) in [5, 5.41) is 0.963. The van der Waals surface area contributed by atoms with E-state index in [0.29, 0.717) is 17.9 Å². The number of esters is 2. The Kier molecular flexibility index (Phi) is 4.30. The fourth-order valence-corrected chi connectivity index (χ4v) is 4.45. The summed E-state index contributed by atoms with van der Waals surface area (Å²) in [5.74, 6) is -0.947. The van der Waals surface area contributed by atoms with Gasteiger partial charge in [-0.3, -0.25) is 0 Å². The van der Waals surface area contributed by atoms with Crippen LogP contribution in [-0.4, -0.2) is 42.7 Å². The first-order valence-electron chi connectivity index (χ1n) is 7.15. The van der Waals surface area contributed by atoms with Crippen LogP contribution in [-0.2, 0) is 14.3 Å². The largest absolute Gasteiger partial charge is 0.463 e. The van der Waals surface area contributed by atoms with Crippen molar-refractivity contribution >= 4 is 49.3 Å². The number of cyclic esters (lactones) is 1. The maximum Gasteiger partial charge on any atom is 0.349 e. The van der Waals surface area contributed by atoms with Gasteiger partial charge >= 0.3 is 11.9 Å². The van der Waals surface area contributed by atoms with Gasteiger partial charge in [-0.15, -0.1) is 11.3 Å². The van der Waals surface area contributed by atoms with E-state index in [2.05, 4.69) is 23.7 Å². The highest BCUT2D eigenvalue weighted by atomic mass is 32.1. The highest BCUT2D eigenvalue weighted by Gasteiger charge is 2.31. The molecule has 3 heterocycles. The number of aromatic nitrogens is 1. The summed E-state index contributed by atoms with van der Waals surface area (Å²) in [6, 6.07) is 1.79. The molecule has 0 saturated carbocycles. The van der Waals surface area contributed by atoms with Crippen molar-refractivity contribution in [2.24, 2.45) is 0 Å². The summed E-state index contributed by atoms with van der Waals surface area (Å²) in [4.78, 5) is 31.5. The number of carbonyl (C=O) groups excluding carboxylic acids is 2.